The van der Waals surface area contributed by atoms with Crippen molar-refractivity contribution in [3.8, 4) is 0 Å². The van der Waals surface area contributed by atoms with Crippen LogP contribution in [0, 0.1) is 40.4 Å². The highest BCUT2D eigenvalue weighted by Crippen LogP contribution is 2.67. The number of ether oxygens (including phenoxy) is 1. The molecule has 23 heavy (non-hydrogen) atoms. The van der Waals surface area contributed by atoms with Crippen molar-refractivity contribution >= 4 is 0 Å². The quantitative estimate of drug-likeness (QED) is 0.762. The first-order valence-corrected chi connectivity index (χ1v) is 10.1. The van der Waals surface area contributed by atoms with Crippen molar-refractivity contribution in [2.45, 2.75) is 84.3 Å². The number of hydrogen-bond donors (Lipinski definition) is 1. The van der Waals surface area contributed by atoms with Gasteiger partial charge in [-0.05, 0) is 91.8 Å². The molecular weight excluding hydrogens is 284 g/mol. The molecule has 0 radical (unpaired) electrons. The van der Waals surface area contributed by atoms with Gasteiger partial charge in [0.1, 0.15) is 0 Å². The van der Waals surface area contributed by atoms with E-state index in [1.54, 1.807) is 0 Å². The highest BCUT2D eigenvalue weighted by Gasteiger charge is 2.61. The van der Waals surface area contributed by atoms with Crippen LogP contribution in [-0.4, -0.2) is 24.4 Å². The Morgan fingerprint density at radius 1 is 0.957 bits per heavy atom. The monoisotopic (exact) mass is 320 g/mol. The second-order valence-electron chi connectivity index (χ2n) is 10.2. The predicted molar refractivity (Wildman–Crippen MR) is 93.1 cm³/mol. The van der Waals surface area contributed by atoms with E-state index in [4.69, 9.17) is 4.74 Å². The summed E-state index contributed by atoms with van der Waals surface area (Å²) in [4.78, 5) is 0. The van der Waals surface area contributed by atoms with Crippen LogP contribution in [-0.2, 0) is 4.74 Å². The molecule has 2 nitrogen and oxygen atoms in total. The fourth-order valence-corrected chi connectivity index (χ4v) is 7.93. The zero-order valence-corrected chi connectivity index (χ0v) is 15.6. The third-order valence-corrected chi connectivity index (χ3v) is 8.92. The van der Waals surface area contributed by atoms with Crippen LogP contribution in [0.4, 0.5) is 0 Å². The summed E-state index contributed by atoms with van der Waals surface area (Å²) in [5, 5.41) is 10.2. The van der Waals surface area contributed by atoms with E-state index in [1.165, 1.54) is 38.5 Å². The number of methoxy groups -OCH3 is 1. The van der Waals surface area contributed by atoms with Crippen LogP contribution in [0.2, 0.25) is 0 Å². The molecule has 0 unspecified atom stereocenters. The molecule has 0 spiro atoms. The Hall–Kier alpha value is -0.0800. The summed E-state index contributed by atoms with van der Waals surface area (Å²) in [7, 11) is 1.91. The van der Waals surface area contributed by atoms with Crippen molar-refractivity contribution in [3.63, 3.8) is 0 Å². The molecule has 0 bridgehead atoms. The fraction of sp³-hybridized carbons (Fsp3) is 1.00. The maximum atomic E-state index is 10.2. The van der Waals surface area contributed by atoms with Gasteiger partial charge < -0.3 is 9.84 Å². The minimum absolute atomic E-state index is 0.0948. The Morgan fingerprint density at radius 3 is 2.48 bits per heavy atom. The normalized spacial score (nSPS) is 59.1. The smallest absolute Gasteiger partial charge is 0.0608 e. The van der Waals surface area contributed by atoms with Crippen molar-refractivity contribution < 1.29 is 9.84 Å². The minimum atomic E-state index is -0.0948. The third kappa shape index (κ3) is 2.34. The standard InChI is InChI=1S/C21H36O2/c1-13-9-17-15-11-19(23-4)18-10-14(22)5-8-21(18,3)16(15)6-7-20(17,2)12-13/h13-19,22H,5-12H2,1-4H3/t13-,14+,15+,16-,17-,18+,19+,20+,21+/m1/s1. The summed E-state index contributed by atoms with van der Waals surface area (Å²) in [5.41, 5.74) is 0.992. The summed E-state index contributed by atoms with van der Waals surface area (Å²) < 4.78 is 6.02. The Bertz CT molecular complexity index is 463. The van der Waals surface area contributed by atoms with E-state index in [0.29, 0.717) is 22.9 Å². The maximum Gasteiger partial charge on any atom is 0.0608 e. The highest BCUT2D eigenvalue weighted by molar-refractivity contribution is 5.10. The molecule has 132 valence electrons. The molecule has 4 rings (SSSR count). The van der Waals surface area contributed by atoms with Gasteiger partial charge in [0.25, 0.3) is 0 Å². The SMILES string of the molecule is CO[C@H]1C[C@@H]2[C@H]3C[C@@H](C)C[C@]3(C)CC[C@H]2[C@]2(C)CC[C@H](O)C[C@@H]12. The van der Waals surface area contributed by atoms with Crippen LogP contribution in [0.15, 0.2) is 0 Å². The second-order valence-corrected chi connectivity index (χ2v) is 10.2. The fourth-order valence-electron chi connectivity index (χ4n) is 7.93. The predicted octanol–water partition coefficient (Wildman–Crippen LogP) is 4.65. The molecule has 0 aromatic rings. The van der Waals surface area contributed by atoms with Gasteiger partial charge in [0.2, 0.25) is 0 Å². The average Bonchev–Trinajstić information content (AvgIpc) is 2.82. The molecule has 2 heteroatoms. The minimum Gasteiger partial charge on any atom is -0.393 e. The lowest BCUT2D eigenvalue weighted by Gasteiger charge is -2.62. The topological polar surface area (TPSA) is 29.5 Å². The number of aliphatic hydroxyl groups is 1. The van der Waals surface area contributed by atoms with E-state index in [2.05, 4.69) is 20.8 Å². The zero-order chi connectivity index (χ0) is 16.4. The summed E-state index contributed by atoms with van der Waals surface area (Å²) in [5.74, 6) is 4.12. The van der Waals surface area contributed by atoms with Crippen molar-refractivity contribution in [2.24, 2.45) is 40.4 Å². The van der Waals surface area contributed by atoms with Crippen LogP contribution >= 0.6 is 0 Å². The lowest BCUT2D eigenvalue weighted by molar-refractivity contribution is -0.175. The first kappa shape index (κ1) is 16.4. The van der Waals surface area contributed by atoms with E-state index in [1.807, 2.05) is 7.11 Å². The van der Waals surface area contributed by atoms with Gasteiger partial charge >= 0.3 is 0 Å². The molecule has 9 atom stereocenters. The van der Waals surface area contributed by atoms with Gasteiger partial charge in [0.15, 0.2) is 0 Å². The van der Waals surface area contributed by atoms with Crippen LogP contribution in [0.25, 0.3) is 0 Å². The zero-order valence-electron chi connectivity index (χ0n) is 15.6. The van der Waals surface area contributed by atoms with Crippen molar-refractivity contribution in [3.05, 3.63) is 0 Å². The van der Waals surface area contributed by atoms with E-state index in [9.17, 15) is 5.11 Å². The summed E-state index contributed by atoms with van der Waals surface area (Å²) >= 11 is 0. The van der Waals surface area contributed by atoms with Gasteiger partial charge in [0.05, 0.1) is 12.2 Å². The first-order valence-electron chi connectivity index (χ1n) is 10.1. The number of rotatable bonds is 1. The molecule has 0 amide bonds. The molecule has 0 heterocycles. The molecule has 4 aliphatic carbocycles. The van der Waals surface area contributed by atoms with E-state index in [-0.39, 0.29) is 6.10 Å². The highest BCUT2D eigenvalue weighted by atomic mass is 16.5. The molecule has 0 aromatic carbocycles. The van der Waals surface area contributed by atoms with Crippen molar-refractivity contribution in [1.82, 2.24) is 0 Å². The molecule has 0 aromatic heterocycles. The van der Waals surface area contributed by atoms with E-state index < -0.39 is 0 Å². The van der Waals surface area contributed by atoms with Gasteiger partial charge in [0, 0.05) is 7.11 Å². The molecule has 4 saturated carbocycles. The number of hydrogen-bond acceptors (Lipinski definition) is 2. The van der Waals surface area contributed by atoms with Gasteiger partial charge in [-0.3, -0.25) is 0 Å². The molecule has 4 aliphatic rings. The van der Waals surface area contributed by atoms with Crippen LogP contribution in [0.3, 0.4) is 0 Å². The van der Waals surface area contributed by atoms with Gasteiger partial charge in [-0.15, -0.1) is 0 Å². The summed E-state index contributed by atoms with van der Waals surface area (Å²) in [6.07, 6.45) is 10.4. The second kappa shape index (κ2) is 5.46. The molecule has 1 N–H and O–H groups in total. The first-order chi connectivity index (χ1) is 10.9. The summed E-state index contributed by atoms with van der Waals surface area (Å²) in [6, 6.07) is 0. The number of fused-ring (bicyclic) bond motifs is 5. The van der Waals surface area contributed by atoms with Crippen LogP contribution < -0.4 is 0 Å². The van der Waals surface area contributed by atoms with Crippen molar-refractivity contribution in [1.29, 1.82) is 0 Å². The Kier molecular flexibility index (Phi) is 3.89. The number of aliphatic hydroxyl groups excluding tert-OH is 1. The molecule has 0 aliphatic heterocycles. The van der Waals surface area contributed by atoms with Crippen molar-refractivity contribution in [2.75, 3.05) is 7.11 Å². The lowest BCUT2D eigenvalue weighted by Crippen LogP contribution is -2.58. The molecule has 4 fully saturated rings. The molecule has 0 saturated heterocycles. The lowest BCUT2D eigenvalue weighted by atomic mass is 9.44. The molecular formula is C21H36O2. The Labute approximate surface area is 142 Å². The largest absolute Gasteiger partial charge is 0.393 e. The average molecular weight is 321 g/mol. The maximum absolute atomic E-state index is 10.2. The Morgan fingerprint density at radius 2 is 1.74 bits per heavy atom. The van der Waals surface area contributed by atoms with E-state index in [0.717, 1.165) is 36.5 Å². The van der Waals surface area contributed by atoms with Crippen LogP contribution in [0.5, 0.6) is 0 Å². The Balaban J connectivity index is 1.67. The van der Waals surface area contributed by atoms with Gasteiger partial charge in [-0.25, -0.2) is 0 Å². The third-order valence-electron chi connectivity index (χ3n) is 8.92. The summed E-state index contributed by atoms with van der Waals surface area (Å²) in [6.45, 7) is 7.60. The van der Waals surface area contributed by atoms with Gasteiger partial charge in [-0.1, -0.05) is 20.8 Å². The van der Waals surface area contributed by atoms with Crippen LogP contribution in [0.1, 0.15) is 72.1 Å². The van der Waals surface area contributed by atoms with E-state index >= 15 is 0 Å². The van der Waals surface area contributed by atoms with Gasteiger partial charge in [-0.2, -0.15) is 0 Å².